The number of rotatable bonds is 7. The minimum Gasteiger partial charge on any atom is -0.381 e. The first kappa shape index (κ1) is 21.5. The average Bonchev–Trinajstić information content (AvgIpc) is 3.15. The number of anilines is 1. The van der Waals surface area contributed by atoms with Crippen LogP contribution in [0, 0.1) is 6.92 Å². The van der Waals surface area contributed by atoms with E-state index in [1.165, 1.54) is 0 Å². The van der Waals surface area contributed by atoms with Gasteiger partial charge in [0.2, 0.25) is 0 Å². The summed E-state index contributed by atoms with van der Waals surface area (Å²) in [6, 6.07) is 17.6. The Balaban J connectivity index is 1.41. The molecular weight excluding hydrogens is 410 g/mol. The standard InChI is InChI=1S/C24H27N3O3S/c1-18-23(15-25-27(18)16-19-6-3-2-4-7-19)24(28)26-21-9-5-8-20(14-21)17-31(29)22-10-12-30-13-11-22/h2-9,14-15,22H,10-13,16-17H2,1H3,(H,26,28). The second kappa shape index (κ2) is 10.0. The molecule has 6 nitrogen and oxygen atoms in total. The zero-order valence-electron chi connectivity index (χ0n) is 17.6. The lowest BCUT2D eigenvalue weighted by molar-refractivity contribution is 0.0991. The number of amides is 1. The fourth-order valence-corrected chi connectivity index (χ4v) is 5.21. The summed E-state index contributed by atoms with van der Waals surface area (Å²) in [5.41, 5.74) is 4.15. The Morgan fingerprint density at radius 1 is 1.13 bits per heavy atom. The van der Waals surface area contributed by atoms with E-state index in [-0.39, 0.29) is 11.2 Å². The van der Waals surface area contributed by atoms with E-state index in [1.54, 1.807) is 6.20 Å². The lowest BCUT2D eigenvalue weighted by Crippen LogP contribution is -2.25. The van der Waals surface area contributed by atoms with Crippen LogP contribution in [0.5, 0.6) is 0 Å². The molecule has 1 atom stereocenters. The highest BCUT2D eigenvalue weighted by Crippen LogP contribution is 2.20. The van der Waals surface area contributed by atoms with E-state index in [0.29, 0.717) is 36.8 Å². The van der Waals surface area contributed by atoms with Gasteiger partial charge in [-0.25, -0.2) is 0 Å². The van der Waals surface area contributed by atoms with Gasteiger partial charge in [0.1, 0.15) is 0 Å². The number of nitrogens with zero attached hydrogens (tertiary/aromatic N) is 2. The monoisotopic (exact) mass is 437 g/mol. The zero-order chi connectivity index (χ0) is 21.6. The second-order valence-corrected chi connectivity index (χ2v) is 9.50. The van der Waals surface area contributed by atoms with Crippen molar-refractivity contribution in [3.63, 3.8) is 0 Å². The van der Waals surface area contributed by atoms with Crippen LogP contribution in [0.3, 0.4) is 0 Å². The quantitative estimate of drug-likeness (QED) is 0.608. The molecule has 3 aromatic rings. The van der Waals surface area contributed by atoms with Crippen molar-refractivity contribution >= 4 is 22.4 Å². The molecule has 1 aromatic heterocycles. The molecule has 2 aromatic carbocycles. The van der Waals surface area contributed by atoms with Crippen LogP contribution in [-0.4, -0.2) is 38.4 Å². The highest BCUT2D eigenvalue weighted by Gasteiger charge is 2.20. The molecule has 1 fully saturated rings. The van der Waals surface area contributed by atoms with Crippen molar-refractivity contribution in [1.29, 1.82) is 0 Å². The smallest absolute Gasteiger partial charge is 0.259 e. The van der Waals surface area contributed by atoms with Crippen molar-refractivity contribution in [3.05, 3.63) is 83.2 Å². The fourth-order valence-electron chi connectivity index (χ4n) is 3.74. The van der Waals surface area contributed by atoms with E-state index in [4.69, 9.17) is 4.74 Å². The van der Waals surface area contributed by atoms with Crippen molar-refractivity contribution in [3.8, 4) is 0 Å². The summed E-state index contributed by atoms with van der Waals surface area (Å²) in [6.45, 7) is 3.89. The van der Waals surface area contributed by atoms with Crippen LogP contribution < -0.4 is 5.32 Å². The highest BCUT2D eigenvalue weighted by atomic mass is 32.2. The molecule has 1 saturated heterocycles. The Kier molecular flexibility index (Phi) is 6.94. The maximum atomic E-state index is 12.8. The molecule has 31 heavy (non-hydrogen) atoms. The van der Waals surface area contributed by atoms with Crippen LogP contribution in [0.2, 0.25) is 0 Å². The summed E-state index contributed by atoms with van der Waals surface area (Å²) in [5, 5.41) is 7.53. The second-order valence-electron chi connectivity index (χ2n) is 7.78. The van der Waals surface area contributed by atoms with Gasteiger partial charge in [0.05, 0.1) is 18.3 Å². The first-order valence-corrected chi connectivity index (χ1v) is 11.9. The average molecular weight is 438 g/mol. The van der Waals surface area contributed by atoms with Gasteiger partial charge in [-0.2, -0.15) is 5.10 Å². The maximum Gasteiger partial charge on any atom is 0.259 e. The Bertz CT molecular complexity index is 1060. The van der Waals surface area contributed by atoms with Crippen molar-refractivity contribution < 1.29 is 13.7 Å². The Hall–Kier alpha value is -2.77. The first-order valence-electron chi connectivity index (χ1n) is 10.5. The van der Waals surface area contributed by atoms with Crippen molar-refractivity contribution in [1.82, 2.24) is 9.78 Å². The SMILES string of the molecule is Cc1c(C(=O)Nc2cccc(CS(=O)C3CCOCC3)c2)cnn1Cc1ccccc1. The molecule has 1 N–H and O–H groups in total. The Morgan fingerprint density at radius 2 is 1.87 bits per heavy atom. The van der Waals surface area contributed by atoms with Gasteiger partial charge in [0, 0.05) is 46.4 Å². The molecule has 1 aliphatic rings. The van der Waals surface area contributed by atoms with Crippen LogP contribution >= 0.6 is 0 Å². The Morgan fingerprint density at radius 3 is 2.65 bits per heavy atom. The summed E-state index contributed by atoms with van der Waals surface area (Å²) < 4.78 is 19.9. The van der Waals surface area contributed by atoms with Crippen molar-refractivity contribution in [2.75, 3.05) is 18.5 Å². The van der Waals surface area contributed by atoms with Gasteiger partial charge < -0.3 is 10.1 Å². The number of aromatic nitrogens is 2. The van der Waals surface area contributed by atoms with Crippen LogP contribution in [0.1, 0.15) is 40.0 Å². The largest absolute Gasteiger partial charge is 0.381 e. The predicted octanol–water partition coefficient (Wildman–Crippen LogP) is 3.92. The number of carbonyl (C=O) groups is 1. The summed E-state index contributed by atoms with van der Waals surface area (Å²) in [5.74, 6) is 0.294. The molecule has 2 heterocycles. The van der Waals surface area contributed by atoms with E-state index in [2.05, 4.69) is 10.4 Å². The third-order valence-corrected chi connectivity index (χ3v) is 7.39. The van der Waals surface area contributed by atoms with E-state index in [9.17, 15) is 9.00 Å². The number of hydrogen-bond donors (Lipinski definition) is 1. The minimum absolute atomic E-state index is 0.185. The molecule has 1 amide bonds. The molecule has 0 bridgehead atoms. The maximum absolute atomic E-state index is 12.8. The van der Waals surface area contributed by atoms with Gasteiger partial charge >= 0.3 is 0 Å². The van der Waals surface area contributed by atoms with E-state index in [1.807, 2.05) is 66.2 Å². The van der Waals surface area contributed by atoms with Gasteiger partial charge in [0.25, 0.3) is 5.91 Å². The molecule has 0 radical (unpaired) electrons. The number of benzene rings is 2. The molecule has 1 aliphatic heterocycles. The van der Waals surface area contributed by atoms with Gasteiger partial charge in [0.15, 0.2) is 0 Å². The van der Waals surface area contributed by atoms with Crippen LogP contribution in [0.15, 0.2) is 60.8 Å². The zero-order valence-corrected chi connectivity index (χ0v) is 18.4. The summed E-state index contributed by atoms with van der Waals surface area (Å²) in [4.78, 5) is 12.8. The van der Waals surface area contributed by atoms with Crippen LogP contribution in [0.4, 0.5) is 5.69 Å². The Labute approximate surface area is 185 Å². The predicted molar refractivity (Wildman–Crippen MR) is 123 cm³/mol. The van der Waals surface area contributed by atoms with Gasteiger partial charge in [-0.3, -0.25) is 13.7 Å². The number of ether oxygens (including phenoxy) is 1. The molecule has 7 heteroatoms. The van der Waals surface area contributed by atoms with Gasteiger partial charge in [-0.05, 0) is 43.0 Å². The number of nitrogens with one attached hydrogen (secondary N) is 1. The highest BCUT2D eigenvalue weighted by molar-refractivity contribution is 7.84. The van der Waals surface area contributed by atoms with E-state index < -0.39 is 10.8 Å². The number of carbonyl (C=O) groups excluding carboxylic acids is 1. The molecular formula is C24H27N3O3S. The summed E-state index contributed by atoms with van der Waals surface area (Å²) in [6.07, 6.45) is 3.29. The molecule has 0 aliphatic carbocycles. The van der Waals surface area contributed by atoms with Crippen molar-refractivity contribution in [2.24, 2.45) is 0 Å². The van der Waals surface area contributed by atoms with Crippen molar-refractivity contribution in [2.45, 2.75) is 37.3 Å². The lowest BCUT2D eigenvalue weighted by atomic mass is 10.2. The summed E-state index contributed by atoms with van der Waals surface area (Å²) in [7, 11) is -0.940. The third-order valence-electron chi connectivity index (χ3n) is 5.56. The molecule has 0 saturated carbocycles. The number of hydrogen-bond acceptors (Lipinski definition) is 4. The third kappa shape index (κ3) is 5.48. The minimum atomic E-state index is -0.940. The van der Waals surface area contributed by atoms with Gasteiger partial charge in [-0.1, -0.05) is 42.5 Å². The first-order chi connectivity index (χ1) is 15.1. The van der Waals surface area contributed by atoms with Crippen LogP contribution in [-0.2, 0) is 27.8 Å². The lowest BCUT2D eigenvalue weighted by Gasteiger charge is -2.21. The molecule has 1 unspecified atom stereocenters. The normalized spacial score (nSPS) is 15.5. The summed E-state index contributed by atoms with van der Waals surface area (Å²) >= 11 is 0. The fraction of sp³-hybridized carbons (Fsp3) is 0.333. The van der Waals surface area contributed by atoms with Crippen LogP contribution in [0.25, 0.3) is 0 Å². The molecule has 0 spiro atoms. The van der Waals surface area contributed by atoms with Gasteiger partial charge in [-0.15, -0.1) is 0 Å². The van der Waals surface area contributed by atoms with E-state index in [0.717, 1.165) is 29.7 Å². The molecule has 162 valence electrons. The topological polar surface area (TPSA) is 73.2 Å². The molecule has 4 rings (SSSR count). The van der Waals surface area contributed by atoms with E-state index >= 15 is 0 Å².